The Balaban J connectivity index is 2.71. The molecular weight excluding hydrogens is 216 g/mol. The quantitative estimate of drug-likeness (QED) is 0.699. The summed E-state index contributed by atoms with van der Waals surface area (Å²) in [5, 5.41) is 0. The van der Waals surface area contributed by atoms with E-state index in [9.17, 15) is 0 Å². The Kier molecular flexibility index (Phi) is 3.35. The fourth-order valence-electron chi connectivity index (χ4n) is 0.747. The Morgan fingerprint density at radius 3 is 2.42 bits per heavy atom. The van der Waals surface area contributed by atoms with Crippen LogP contribution in [-0.4, -0.2) is 0 Å². The number of rotatable bonds is 2. The summed E-state index contributed by atoms with van der Waals surface area (Å²) >= 11 is 3.36. The monoisotopic (exact) mass is 226 g/mol. The highest BCUT2D eigenvalue weighted by molar-refractivity contribution is 9.10. The molecule has 0 aliphatic carbocycles. The molecule has 0 saturated heterocycles. The second kappa shape index (κ2) is 4.31. The zero-order chi connectivity index (χ0) is 8.97. The first-order chi connectivity index (χ1) is 5.72. The van der Waals surface area contributed by atoms with Crippen LogP contribution >= 0.6 is 15.9 Å². The van der Waals surface area contributed by atoms with E-state index in [4.69, 9.17) is 4.74 Å². The largest absolute Gasteiger partial charge is 0.462 e. The van der Waals surface area contributed by atoms with Crippen LogP contribution in [0.15, 0.2) is 40.6 Å². The fraction of sp³-hybridized carbons (Fsp3) is 0.200. The van der Waals surface area contributed by atoms with Crippen LogP contribution in [0.3, 0.4) is 0 Å². The van der Waals surface area contributed by atoms with Crippen LogP contribution in [0.4, 0.5) is 0 Å². The van der Waals surface area contributed by atoms with Crippen molar-refractivity contribution in [1.82, 2.24) is 0 Å². The normalized spacial score (nSPS) is 11.4. The molecule has 64 valence electrons. The molecule has 0 saturated carbocycles. The molecule has 0 fully saturated rings. The van der Waals surface area contributed by atoms with Crippen molar-refractivity contribution in [3.05, 3.63) is 40.6 Å². The molecule has 0 radical (unpaired) electrons. The van der Waals surface area contributed by atoms with Gasteiger partial charge in [0.25, 0.3) is 0 Å². The first-order valence-electron chi connectivity index (χ1n) is 3.78. The van der Waals surface area contributed by atoms with E-state index in [1.165, 1.54) is 0 Å². The van der Waals surface area contributed by atoms with Gasteiger partial charge in [0.05, 0.1) is 5.76 Å². The van der Waals surface area contributed by atoms with Crippen LogP contribution < -0.4 is 4.74 Å². The number of benzene rings is 1. The summed E-state index contributed by atoms with van der Waals surface area (Å²) < 4.78 is 6.52. The lowest BCUT2D eigenvalue weighted by atomic mass is 10.3. The molecule has 1 aromatic carbocycles. The highest BCUT2D eigenvalue weighted by Gasteiger charge is 1.93. The van der Waals surface area contributed by atoms with Crippen LogP contribution in [0, 0.1) is 0 Å². The summed E-state index contributed by atoms with van der Waals surface area (Å²) in [4.78, 5) is 0. The first kappa shape index (κ1) is 9.33. The van der Waals surface area contributed by atoms with Crippen molar-refractivity contribution in [2.24, 2.45) is 0 Å². The highest BCUT2D eigenvalue weighted by Crippen LogP contribution is 2.17. The van der Waals surface area contributed by atoms with E-state index in [1.54, 1.807) is 0 Å². The molecule has 12 heavy (non-hydrogen) atoms. The molecule has 0 aliphatic rings. The summed E-state index contributed by atoms with van der Waals surface area (Å²) in [6.45, 7) is 3.89. The lowest BCUT2D eigenvalue weighted by molar-refractivity contribution is 0.426. The first-order valence-corrected chi connectivity index (χ1v) is 4.58. The minimum Gasteiger partial charge on any atom is -0.462 e. The summed E-state index contributed by atoms with van der Waals surface area (Å²) in [5.74, 6) is 1.78. The molecule has 0 heterocycles. The molecule has 1 nitrogen and oxygen atoms in total. The van der Waals surface area contributed by atoms with Crippen LogP contribution in [0.5, 0.6) is 5.75 Å². The van der Waals surface area contributed by atoms with E-state index < -0.39 is 0 Å². The van der Waals surface area contributed by atoms with E-state index in [1.807, 2.05) is 44.2 Å². The predicted octanol–water partition coefficient (Wildman–Crippen LogP) is 3.75. The zero-order valence-corrected chi connectivity index (χ0v) is 8.76. The van der Waals surface area contributed by atoms with Crippen molar-refractivity contribution >= 4 is 15.9 Å². The van der Waals surface area contributed by atoms with Gasteiger partial charge in [0.15, 0.2) is 0 Å². The Morgan fingerprint density at radius 2 is 1.92 bits per heavy atom. The third kappa shape index (κ3) is 2.70. The van der Waals surface area contributed by atoms with Crippen LogP contribution in [-0.2, 0) is 0 Å². The maximum Gasteiger partial charge on any atom is 0.126 e. The molecule has 0 amide bonds. The maximum atomic E-state index is 5.46. The van der Waals surface area contributed by atoms with E-state index in [-0.39, 0.29) is 0 Å². The molecule has 0 unspecified atom stereocenters. The van der Waals surface area contributed by atoms with Gasteiger partial charge in [-0.3, -0.25) is 0 Å². The van der Waals surface area contributed by atoms with Crippen molar-refractivity contribution < 1.29 is 4.74 Å². The van der Waals surface area contributed by atoms with E-state index in [0.29, 0.717) is 0 Å². The summed E-state index contributed by atoms with van der Waals surface area (Å²) in [6, 6.07) is 7.77. The van der Waals surface area contributed by atoms with Gasteiger partial charge in [0.2, 0.25) is 0 Å². The van der Waals surface area contributed by atoms with Crippen LogP contribution in [0.1, 0.15) is 13.8 Å². The van der Waals surface area contributed by atoms with Crippen molar-refractivity contribution in [3.63, 3.8) is 0 Å². The molecule has 2 heteroatoms. The SMILES string of the molecule is CC=C(C)Oc1ccc(Br)cc1. The molecule has 0 spiro atoms. The van der Waals surface area contributed by atoms with Gasteiger partial charge in [0.1, 0.15) is 5.75 Å². The standard InChI is InChI=1S/C10H11BrO/c1-3-8(2)12-10-6-4-9(11)5-7-10/h3-7H,1-2H3. The number of halogens is 1. The van der Waals surface area contributed by atoms with Gasteiger partial charge in [-0.05, 0) is 44.2 Å². The van der Waals surface area contributed by atoms with Gasteiger partial charge >= 0.3 is 0 Å². The Morgan fingerprint density at radius 1 is 1.33 bits per heavy atom. The number of ether oxygens (including phenoxy) is 1. The Bertz CT molecular complexity index is 274. The smallest absolute Gasteiger partial charge is 0.126 e. The third-order valence-corrected chi connectivity index (χ3v) is 2.03. The summed E-state index contributed by atoms with van der Waals surface area (Å²) in [7, 11) is 0. The minimum atomic E-state index is 0.869. The van der Waals surface area contributed by atoms with Crippen LogP contribution in [0.2, 0.25) is 0 Å². The molecule has 0 N–H and O–H groups in total. The third-order valence-electron chi connectivity index (χ3n) is 1.50. The Hall–Kier alpha value is -0.760. The van der Waals surface area contributed by atoms with E-state index in [2.05, 4.69) is 15.9 Å². The molecule has 1 aromatic rings. The minimum absolute atomic E-state index is 0.869. The average molecular weight is 227 g/mol. The van der Waals surface area contributed by atoms with Crippen molar-refractivity contribution in [3.8, 4) is 5.75 Å². The fourth-order valence-corrected chi connectivity index (χ4v) is 1.01. The molecule has 1 rings (SSSR count). The molecule has 0 aromatic heterocycles. The molecular formula is C10H11BrO. The topological polar surface area (TPSA) is 9.23 Å². The molecule has 0 atom stereocenters. The second-order valence-corrected chi connectivity index (χ2v) is 3.37. The van der Waals surface area contributed by atoms with Crippen molar-refractivity contribution in [2.45, 2.75) is 13.8 Å². The average Bonchev–Trinajstić information content (AvgIpc) is 2.09. The van der Waals surface area contributed by atoms with Crippen molar-refractivity contribution in [2.75, 3.05) is 0 Å². The molecule has 0 bridgehead atoms. The summed E-state index contributed by atoms with van der Waals surface area (Å²) in [6.07, 6.45) is 1.93. The number of hydrogen-bond acceptors (Lipinski definition) is 1. The van der Waals surface area contributed by atoms with Crippen molar-refractivity contribution in [1.29, 1.82) is 0 Å². The van der Waals surface area contributed by atoms with Gasteiger partial charge in [-0.15, -0.1) is 0 Å². The molecule has 0 aliphatic heterocycles. The van der Waals surface area contributed by atoms with E-state index in [0.717, 1.165) is 16.0 Å². The van der Waals surface area contributed by atoms with Gasteiger partial charge in [0, 0.05) is 4.47 Å². The number of hydrogen-bond donors (Lipinski definition) is 0. The van der Waals surface area contributed by atoms with E-state index >= 15 is 0 Å². The van der Waals surface area contributed by atoms with Crippen LogP contribution in [0.25, 0.3) is 0 Å². The highest BCUT2D eigenvalue weighted by atomic mass is 79.9. The second-order valence-electron chi connectivity index (χ2n) is 2.46. The lowest BCUT2D eigenvalue weighted by Gasteiger charge is -2.04. The van der Waals surface area contributed by atoms with Gasteiger partial charge in [-0.1, -0.05) is 15.9 Å². The summed E-state index contributed by atoms with van der Waals surface area (Å²) in [5.41, 5.74) is 0. The number of allylic oxidation sites excluding steroid dienone is 2. The Labute approximate surface area is 81.2 Å². The predicted molar refractivity (Wildman–Crippen MR) is 54.2 cm³/mol. The lowest BCUT2D eigenvalue weighted by Crippen LogP contribution is -1.88. The zero-order valence-electron chi connectivity index (χ0n) is 7.17. The van der Waals surface area contributed by atoms with Gasteiger partial charge in [-0.2, -0.15) is 0 Å². The van der Waals surface area contributed by atoms with Gasteiger partial charge < -0.3 is 4.74 Å². The van der Waals surface area contributed by atoms with Gasteiger partial charge in [-0.25, -0.2) is 0 Å². The maximum absolute atomic E-state index is 5.46.